The Morgan fingerprint density at radius 1 is 0.714 bits per heavy atom. The quantitative estimate of drug-likeness (QED) is 0.623. The van der Waals surface area contributed by atoms with Gasteiger partial charge in [0.25, 0.3) is 0 Å². The molecule has 0 aromatic rings. The molecule has 0 fully saturated rings. The number of hydrogen-bond acceptors (Lipinski definition) is 2. The Morgan fingerprint density at radius 3 is 1.21 bits per heavy atom. The molecule has 0 aromatic heterocycles. The van der Waals surface area contributed by atoms with Crippen LogP contribution in [0.25, 0.3) is 0 Å². The van der Waals surface area contributed by atoms with Crippen molar-refractivity contribution in [1.82, 2.24) is 0 Å². The fourth-order valence-electron chi connectivity index (χ4n) is 1.37. The largest absolute Gasteiger partial charge is 0.396 e. The summed E-state index contributed by atoms with van der Waals surface area (Å²) in [5, 5.41) is 18.1. The van der Waals surface area contributed by atoms with Crippen molar-refractivity contribution < 1.29 is 10.2 Å². The monoisotopic (exact) mass is 202 g/mol. The van der Waals surface area contributed by atoms with Gasteiger partial charge >= 0.3 is 0 Å². The van der Waals surface area contributed by atoms with E-state index in [9.17, 15) is 0 Å². The van der Waals surface area contributed by atoms with E-state index in [2.05, 4.69) is 27.7 Å². The number of aliphatic hydroxyl groups excluding tert-OH is 2. The minimum absolute atomic E-state index is 0.0589. The van der Waals surface area contributed by atoms with Gasteiger partial charge in [-0.05, 0) is 23.7 Å². The fourth-order valence-corrected chi connectivity index (χ4v) is 1.37. The van der Waals surface area contributed by atoms with Crippen LogP contribution in [0.15, 0.2) is 0 Å². The van der Waals surface area contributed by atoms with Gasteiger partial charge in [0.2, 0.25) is 0 Å². The molecule has 2 N–H and O–H groups in total. The summed E-state index contributed by atoms with van der Waals surface area (Å²) in [6.45, 7) is 8.87. The predicted molar refractivity (Wildman–Crippen MR) is 60.2 cm³/mol. The van der Waals surface area contributed by atoms with Gasteiger partial charge < -0.3 is 10.2 Å². The van der Waals surface area contributed by atoms with E-state index in [1.807, 2.05) is 0 Å². The van der Waals surface area contributed by atoms with Crippen molar-refractivity contribution in [3.63, 3.8) is 0 Å². The first kappa shape index (κ1) is 13.9. The third-order valence-corrected chi connectivity index (χ3v) is 2.81. The smallest absolute Gasteiger partial charge is 0.0482 e. The number of aliphatic hydroxyl groups is 2. The van der Waals surface area contributed by atoms with Crippen LogP contribution in [0.5, 0.6) is 0 Å². The molecule has 0 aliphatic carbocycles. The molecule has 0 saturated carbocycles. The molecule has 0 radical (unpaired) electrons. The van der Waals surface area contributed by atoms with Crippen molar-refractivity contribution in [1.29, 1.82) is 0 Å². The molecule has 0 bridgehead atoms. The topological polar surface area (TPSA) is 40.5 Å². The highest BCUT2D eigenvalue weighted by atomic mass is 16.3. The highest BCUT2D eigenvalue weighted by Crippen LogP contribution is 2.26. The second-order valence-electron chi connectivity index (χ2n) is 5.85. The van der Waals surface area contributed by atoms with Gasteiger partial charge in [-0.1, -0.05) is 40.5 Å². The van der Waals surface area contributed by atoms with Gasteiger partial charge in [-0.2, -0.15) is 0 Å². The third kappa shape index (κ3) is 6.39. The molecular weight excluding hydrogens is 176 g/mol. The Labute approximate surface area is 88.3 Å². The molecular formula is C12H26O2. The maximum absolute atomic E-state index is 9.06. The molecule has 2 nitrogen and oxygen atoms in total. The van der Waals surface area contributed by atoms with E-state index in [4.69, 9.17) is 10.2 Å². The average Bonchev–Trinajstić information content (AvgIpc) is 2.13. The predicted octanol–water partition coefficient (Wildman–Crippen LogP) is 2.58. The van der Waals surface area contributed by atoms with E-state index >= 15 is 0 Å². The van der Waals surface area contributed by atoms with E-state index in [-0.39, 0.29) is 24.0 Å². The summed E-state index contributed by atoms with van der Waals surface area (Å²) < 4.78 is 0. The van der Waals surface area contributed by atoms with Crippen molar-refractivity contribution in [3.8, 4) is 0 Å². The second kappa shape index (κ2) is 5.72. The zero-order valence-electron chi connectivity index (χ0n) is 10.1. The van der Waals surface area contributed by atoms with Crippen LogP contribution >= 0.6 is 0 Å². The molecule has 0 heterocycles. The van der Waals surface area contributed by atoms with E-state index in [1.54, 1.807) is 0 Å². The lowest BCUT2D eigenvalue weighted by Gasteiger charge is -2.24. The molecule has 0 saturated heterocycles. The van der Waals surface area contributed by atoms with Crippen molar-refractivity contribution in [2.24, 2.45) is 10.8 Å². The van der Waals surface area contributed by atoms with Crippen molar-refractivity contribution in [2.75, 3.05) is 13.2 Å². The van der Waals surface area contributed by atoms with E-state index in [0.29, 0.717) is 0 Å². The average molecular weight is 202 g/mol. The maximum atomic E-state index is 9.06. The summed E-state index contributed by atoms with van der Waals surface area (Å²) in [5.74, 6) is 0. The van der Waals surface area contributed by atoms with Gasteiger partial charge in [0.15, 0.2) is 0 Å². The van der Waals surface area contributed by atoms with Crippen LogP contribution in [0.2, 0.25) is 0 Å². The Bertz CT molecular complexity index is 132. The first-order valence-electron chi connectivity index (χ1n) is 5.55. The van der Waals surface area contributed by atoms with Crippen LogP contribution in [-0.2, 0) is 0 Å². The molecule has 0 aliphatic rings. The van der Waals surface area contributed by atoms with Gasteiger partial charge in [-0.15, -0.1) is 0 Å². The van der Waals surface area contributed by atoms with Crippen LogP contribution in [-0.4, -0.2) is 23.4 Å². The summed E-state index contributed by atoms with van der Waals surface area (Å²) in [6, 6.07) is 0. The van der Waals surface area contributed by atoms with E-state index in [1.165, 1.54) is 0 Å². The van der Waals surface area contributed by atoms with Crippen LogP contribution in [0, 0.1) is 10.8 Å². The van der Waals surface area contributed by atoms with Gasteiger partial charge in [0, 0.05) is 13.2 Å². The minimum atomic E-state index is 0.0589. The summed E-state index contributed by atoms with van der Waals surface area (Å²) >= 11 is 0. The number of unbranched alkanes of at least 4 members (excludes halogenated alkanes) is 1. The minimum Gasteiger partial charge on any atom is -0.396 e. The standard InChI is InChI=1S/C12H26O2/c1-11(2,9-13)7-5-6-8-12(3,4)10-14/h13-14H,5-10H2,1-4H3. The Morgan fingerprint density at radius 2 is 1.00 bits per heavy atom. The lowest BCUT2D eigenvalue weighted by molar-refractivity contribution is 0.132. The Hall–Kier alpha value is -0.0800. The molecule has 0 spiro atoms. The normalized spacial score (nSPS) is 13.3. The van der Waals surface area contributed by atoms with Crippen molar-refractivity contribution >= 4 is 0 Å². The molecule has 0 aromatic carbocycles. The molecule has 2 heteroatoms. The van der Waals surface area contributed by atoms with Gasteiger partial charge in [0.05, 0.1) is 0 Å². The molecule has 86 valence electrons. The molecule has 14 heavy (non-hydrogen) atoms. The van der Waals surface area contributed by atoms with Crippen molar-refractivity contribution in [2.45, 2.75) is 53.4 Å². The lowest BCUT2D eigenvalue weighted by Crippen LogP contribution is -2.18. The maximum Gasteiger partial charge on any atom is 0.0482 e. The van der Waals surface area contributed by atoms with Crippen LogP contribution < -0.4 is 0 Å². The molecule has 0 aliphatic heterocycles. The summed E-state index contributed by atoms with van der Waals surface area (Å²) in [7, 11) is 0. The summed E-state index contributed by atoms with van der Waals surface area (Å²) in [5.41, 5.74) is 0.118. The zero-order valence-corrected chi connectivity index (χ0v) is 10.1. The highest BCUT2D eigenvalue weighted by Gasteiger charge is 2.18. The van der Waals surface area contributed by atoms with Crippen LogP contribution in [0.4, 0.5) is 0 Å². The molecule has 0 atom stereocenters. The van der Waals surface area contributed by atoms with Gasteiger partial charge in [-0.25, -0.2) is 0 Å². The highest BCUT2D eigenvalue weighted by molar-refractivity contribution is 4.70. The number of rotatable bonds is 7. The molecule has 0 amide bonds. The summed E-state index contributed by atoms with van der Waals surface area (Å²) in [4.78, 5) is 0. The zero-order chi connectivity index (χ0) is 11.2. The van der Waals surface area contributed by atoms with Crippen LogP contribution in [0.3, 0.4) is 0 Å². The number of hydrogen-bond donors (Lipinski definition) is 2. The molecule has 0 rings (SSSR count). The van der Waals surface area contributed by atoms with Gasteiger partial charge in [0.1, 0.15) is 0 Å². The van der Waals surface area contributed by atoms with Gasteiger partial charge in [-0.3, -0.25) is 0 Å². The molecule has 0 unspecified atom stereocenters. The summed E-state index contributed by atoms with van der Waals surface area (Å²) in [6.07, 6.45) is 4.39. The first-order valence-corrected chi connectivity index (χ1v) is 5.55. The first-order chi connectivity index (χ1) is 6.33. The fraction of sp³-hybridized carbons (Fsp3) is 1.00. The SMILES string of the molecule is CC(C)(CO)CCCCC(C)(C)CO. The van der Waals surface area contributed by atoms with Crippen LogP contribution in [0.1, 0.15) is 53.4 Å². The lowest BCUT2D eigenvalue weighted by atomic mass is 9.84. The third-order valence-electron chi connectivity index (χ3n) is 2.81. The van der Waals surface area contributed by atoms with E-state index in [0.717, 1.165) is 25.7 Å². The van der Waals surface area contributed by atoms with Crippen molar-refractivity contribution in [3.05, 3.63) is 0 Å². The second-order valence-corrected chi connectivity index (χ2v) is 5.85. The Balaban J connectivity index is 3.57. The van der Waals surface area contributed by atoms with E-state index < -0.39 is 0 Å². The Kier molecular flexibility index (Phi) is 5.68.